The van der Waals surface area contributed by atoms with Gasteiger partial charge in [0.15, 0.2) is 0 Å². The fourth-order valence-corrected chi connectivity index (χ4v) is 5.38. The van der Waals surface area contributed by atoms with Crippen molar-refractivity contribution in [3.63, 3.8) is 0 Å². The van der Waals surface area contributed by atoms with Crippen LogP contribution in [0.15, 0.2) is 78.9 Å². The SMILES string of the molecule is CC(C)(C)OC(=O)NC1c2ccccc2C[C@@H]1NC(=O)C1c2ccccc2CC(=O)N1Cc1ccccc1. The molecule has 1 heterocycles. The molecule has 0 aromatic heterocycles. The first-order chi connectivity index (χ1) is 18.2. The van der Waals surface area contributed by atoms with Gasteiger partial charge in [-0.15, -0.1) is 0 Å². The molecule has 0 fully saturated rings. The van der Waals surface area contributed by atoms with Crippen LogP contribution < -0.4 is 10.6 Å². The van der Waals surface area contributed by atoms with E-state index in [4.69, 9.17) is 4.74 Å². The van der Waals surface area contributed by atoms with Gasteiger partial charge in [-0.3, -0.25) is 9.59 Å². The van der Waals surface area contributed by atoms with E-state index in [0.29, 0.717) is 13.0 Å². The summed E-state index contributed by atoms with van der Waals surface area (Å²) in [6, 6.07) is 23.5. The molecule has 0 saturated carbocycles. The molecule has 2 aliphatic rings. The molecule has 0 bridgehead atoms. The van der Waals surface area contributed by atoms with Crippen LogP contribution >= 0.6 is 0 Å². The Morgan fingerprint density at radius 3 is 2.21 bits per heavy atom. The summed E-state index contributed by atoms with van der Waals surface area (Å²) in [7, 11) is 0. The normalized spacial score (nSPS) is 20.3. The van der Waals surface area contributed by atoms with E-state index in [-0.39, 0.29) is 18.2 Å². The van der Waals surface area contributed by atoms with E-state index in [2.05, 4.69) is 10.6 Å². The molecule has 1 aliphatic carbocycles. The number of fused-ring (bicyclic) bond motifs is 2. The van der Waals surface area contributed by atoms with Crippen molar-refractivity contribution in [1.29, 1.82) is 0 Å². The van der Waals surface area contributed by atoms with E-state index < -0.39 is 29.8 Å². The smallest absolute Gasteiger partial charge is 0.408 e. The van der Waals surface area contributed by atoms with Gasteiger partial charge >= 0.3 is 6.09 Å². The molecule has 0 saturated heterocycles. The summed E-state index contributed by atoms with van der Waals surface area (Å²) in [5.74, 6) is -0.360. The number of benzene rings is 3. The molecule has 38 heavy (non-hydrogen) atoms. The minimum Gasteiger partial charge on any atom is -0.444 e. The van der Waals surface area contributed by atoms with Crippen LogP contribution in [0.1, 0.15) is 60.7 Å². The summed E-state index contributed by atoms with van der Waals surface area (Å²) in [5.41, 5.74) is 4.00. The fourth-order valence-electron chi connectivity index (χ4n) is 5.38. The zero-order valence-corrected chi connectivity index (χ0v) is 21.9. The van der Waals surface area contributed by atoms with E-state index in [1.165, 1.54) is 0 Å². The Labute approximate surface area is 223 Å². The van der Waals surface area contributed by atoms with E-state index in [9.17, 15) is 14.4 Å². The Bertz CT molecular complexity index is 1350. The number of amides is 3. The second-order valence-corrected chi connectivity index (χ2v) is 10.9. The third-order valence-corrected chi connectivity index (χ3v) is 7.00. The highest BCUT2D eigenvalue weighted by atomic mass is 16.6. The number of alkyl carbamates (subject to hydrolysis) is 1. The van der Waals surface area contributed by atoms with Gasteiger partial charge in [-0.1, -0.05) is 78.9 Å². The number of carbonyl (C=O) groups is 3. The van der Waals surface area contributed by atoms with Gasteiger partial charge in [0.1, 0.15) is 11.6 Å². The Morgan fingerprint density at radius 2 is 1.50 bits per heavy atom. The summed E-state index contributed by atoms with van der Waals surface area (Å²) in [6.07, 6.45) is 0.274. The van der Waals surface area contributed by atoms with Crippen LogP contribution in [0.3, 0.4) is 0 Å². The standard InChI is InChI=1S/C31H33N3O4/c1-31(2,3)38-30(37)33-27-23-15-9-7-13-21(23)17-25(27)32-29(36)28-24-16-10-8-14-22(24)18-26(35)34(28)19-20-11-5-4-6-12-20/h4-16,25,27-28H,17-19H2,1-3H3,(H,32,36)(H,33,37)/t25-,27?,28?/m0/s1. The van der Waals surface area contributed by atoms with Crippen molar-refractivity contribution in [2.45, 2.75) is 63.9 Å². The van der Waals surface area contributed by atoms with E-state index in [0.717, 1.165) is 27.8 Å². The number of hydrogen-bond donors (Lipinski definition) is 2. The van der Waals surface area contributed by atoms with Crippen LogP contribution in [-0.4, -0.2) is 34.5 Å². The maximum atomic E-state index is 14.0. The van der Waals surface area contributed by atoms with Crippen molar-refractivity contribution < 1.29 is 19.1 Å². The van der Waals surface area contributed by atoms with Gasteiger partial charge in [0.2, 0.25) is 11.8 Å². The molecule has 3 atom stereocenters. The number of nitrogens with one attached hydrogen (secondary N) is 2. The van der Waals surface area contributed by atoms with Gasteiger partial charge in [-0.2, -0.15) is 0 Å². The van der Waals surface area contributed by atoms with Gasteiger partial charge in [-0.05, 0) is 55.0 Å². The molecular weight excluding hydrogens is 478 g/mol. The Kier molecular flexibility index (Phi) is 6.93. The van der Waals surface area contributed by atoms with E-state index >= 15 is 0 Å². The lowest BCUT2D eigenvalue weighted by molar-refractivity contribution is -0.142. The Balaban J connectivity index is 1.43. The van der Waals surface area contributed by atoms with Crippen LogP contribution in [0.5, 0.6) is 0 Å². The third kappa shape index (κ3) is 5.42. The Morgan fingerprint density at radius 1 is 0.868 bits per heavy atom. The molecule has 7 heteroatoms. The van der Waals surface area contributed by atoms with Crippen molar-refractivity contribution in [1.82, 2.24) is 15.5 Å². The lowest BCUT2D eigenvalue weighted by Gasteiger charge is -2.37. The predicted octanol–water partition coefficient (Wildman–Crippen LogP) is 4.62. The zero-order chi connectivity index (χ0) is 26.9. The molecule has 0 radical (unpaired) electrons. The maximum absolute atomic E-state index is 14.0. The maximum Gasteiger partial charge on any atom is 0.408 e. The predicted molar refractivity (Wildman–Crippen MR) is 144 cm³/mol. The molecule has 3 aromatic rings. The second kappa shape index (κ2) is 10.3. The molecule has 3 aromatic carbocycles. The summed E-state index contributed by atoms with van der Waals surface area (Å²) in [6.45, 7) is 5.77. The first kappa shape index (κ1) is 25.5. The van der Waals surface area contributed by atoms with Gasteiger partial charge in [0.25, 0.3) is 0 Å². The number of rotatable bonds is 5. The van der Waals surface area contributed by atoms with Crippen molar-refractivity contribution in [2.75, 3.05) is 0 Å². The molecule has 1 aliphatic heterocycles. The lowest BCUT2D eigenvalue weighted by atomic mass is 9.90. The summed E-state index contributed by atoms with van der Waals surface area (Å²) in [5, 5.41) is 6.16. The topological polar surface area (TPSA) is 87.7 Å². The van der Waals surface area contributed by atoms with Crippen LogP contribution in [0.2, 0.25) is 0 Å². The molecule has 2 unspecified atom stereocenters. The van der Waals surface area contributed by atoms with Crippen molar-refractivity contribution in [3.05, 3.63) is 107 Å². The highest BCUT2D eigenvalue weighted by Gasteiger charge is 2.41. The fraction of sp³-hybridized carbons (Fsp3) is 0.323. The van der Waals surface area contributed by atoms with Crippen LogP contribution in [-0.2, 0) is 33.7 Å². The van der Waals surface area contributed by atoms with Gasteiger partial charge in [0.05, 0.1) is 18.5 Å². The van der Waals surface area contributed by atoms with Crippen molar-refractivity contribution in [3.8, 4) is 0 Å². The minimum absolute atomic E-state index is 0.0918. The molecule has 7 nitrogen and oxygen atoms in total. The average molecular weight is 512 g/mol. The Hall–Kier alpha value is -4.13. The summed E-state index contributed by atoms with van der Waals surface area (Å²) < 4.78 is 5.51. The van der Waals surface area contributed by atoms with E-state index in [1.807, 2.05) is 99.6 Å². The van der Waals surface area contributed by atoms with E-state index in [1.54, 1.807) is 4.90 Å². The van der Waals surface area contributed by atoms with Crippen LogP contribution in [0.4, 0.5) is 4.79 Å². The summed E-state index contributed by atoms with van der Waals surface area (Å²) >= 11 is 0. The summed E-state index contributed by atoms with van der Waals surface area (Å²) in [4.78, 5) is 41.7. The average Bonchev–Trinajstić information content (AvgIpc) is 3.20. The number of carbonyl (C=O) groups excluding carboxylic acids is 3. The zero-order valence-electron chi connectivity index (χ0n) is 21.9. The molecule has 5 rings (SSSR count). The van der Waals surface area contributed by atoms with Gasteiger partial charge < -0.3 is 20.3 Å². The van der Waals surface area contributed by atoms with Crippen LogP contribution in [0.25, 0.3) is 0 Å². The molecule has 2 N–H and O–H groups in total. The second-order valence-electron chi connectivity index (χ2n) is 10.9. The molecule has 196 valence electrons. The lowest BCUT2D eigenvalue weighted by Crippen LogP contribution is -2.51. The molecule has 0 spiro atoms. The number of nitrogens with zero attached hydrogens (tertiary/aromatic N) is 1. The first-order valence-corrected chi connectivity index (χ1v) is 13.0. The van der Waals surface area contributed by atoms with Crippen molar-refractivity contribution >= 4 is 17.9 Å². The van der Waals surface area contributed by atoms with Crippen LogP contribution in [0, 0.1) is 0 Å². The molecule has 3 amide bonds. The highest BCUT2D eigenvalue weighted by Crippen LogP contribution is 2.35. The van der Waals surface area contributed by atoms with Crippen molar-refractivity contribution in [2.24, 2.45) is 0 Å². The molecular formula is C31H33N3O4. The quantitative estimate of drug-likeness (QED) is 0.523. The first-order valence-electron chi connectivity index (χ1n) is 13.0. The van der Waals surface area contributed by atoms with Gasteiger partial charge in [0, 0.05) is 6.54 Å². The number of ether oxygens (including phenoxy) is 1. The largest absolute Gasteiger partial charge is 0.444 e. The highest BCUT2D eigenvalue weighted by molar-refractivity contribution is 5.92. The monoisotopic (exact) mass is 511 g/mol. The number of hydrogen-bond acceptors (Lipinski definition) is 4. The minimum atomic E-state index is -0.779. The van der Waals surface area contributed by atoms with Gasteiger partial charge in [-0.25, -0.2) is 4.79 Å². The third-order valence-electron chi connectivity index (χ3n) is 7.00.